The van der Waals surface area contributed by atoms with E-state index in [0.717, 1.165) is 44.9 Å². The largest absolute Gasteiger partial charge is 0.481 e. The van der Waals surface area contributed by atoms with Crippen LogP contribution in [-0.4, -0.2) is 62.0 Å². The Kier molecular flexibility index (Phi) is 13.9. The standard InChI is InChI=1S/C24H46N2O6/c1-6-7-8-13-16-24(5,32)17-18-26(19-27,23(2,3)4)25-20(22(30)31)14-11-9-10-12-15-21(28)29/h19-20,25,32H,6-18H2,1-5H3,(H-,28,29,30,31)/p+1. The molecule has 32 heavy (non-hydrogen) atoms. The lowest BCUT2D eigenvalue weighted by Gasteiger charge is -2.45. The first-order valence-corrected chi connectivity index (χ1v) is 12.1. The van der Waals surface area contributed by atoms with E-state index in [1.54, 1.807) is 6.92 Å². The molecule has 8 heteroatoms. The van der Waals surface area contributed by atoms with Gasteiger partial charge in [0.15, 0.2) is 6.04 Å². The molecule has 0 saturated carbocycles. The maximum atomic E-state index is 12.3. The summed E-state index contributed by atoms with van der Waals surface area (Å²) in [6.07, 6.45) is 9.15. The number of carboxylic acid groups (broad SMARTS) is 2. The molecule has 0 aliphatic heterocycles. The highest BCUT2D eigenvalue weighted by atomic mass is 16.4. The number of quaternary nitrogens is 1. The Bertz CT molecular complexity index is 573. The summed E-state index contributed by atoms with van der Waals surface area (Å²) in [5, 5.41) is 29.3. The third-order valence-electron chi connectivity index (χ3n) is 6.27. The summed E-state index contributed by atoms with van der Waals surface area (Å²) in [6.45, 7) is 9.86. The second-order valence-corrected chi connectivity index (χ2v) is 10.3. The summed E-state index contributed by atoms with van der Waals surface area (Å²) in [4.78, 5) is 34.8. The maximum absolute atomic E-state index is 12.3. The summed E-state index contributed by atoms with van der Waals surface area (Å²) >= 11 is 0. The first-order valence-electron chi connectivity index (χ1n) is 12.1. The van der Waals surface area contributed by atoms with Gasteiger partial charge in [-0.15, -0.1) is 5.43 Å². The number of rotatable bonds is 19. The molecule has 0 aliphatic rings. The molecule has 8 nitrogen and oxygen atoms in total. The van der Waals surface area contributed by atoms with Crippen LogP contribution in [0.25, 0.3) is 0 Å². The van der Waals surface area contributed by atoms with Crippen LogP contribution in [-0.2, 0) is 14.4 Å². The molecule has 0 radical (unpaired) electrons. The molecule has 0 aliphatic carbocycles. The smallest absolute Gasteiger partial charge is 0.326 e. The van der Waals surface area contributed by atoms with Crippen LogP contribution in [0.4, 0.5) is 0 Å². The number of aliphatic carboxylic acids is 2. The topological polar surface area (TPSA) is 124 Å². The second kappa shape index (κ2) is 14.6. The third-order valence-corrected chi connectivity index (χ3v) is 6.27. The molecular weight excluding hydrogens is 412 g/mol. The van der Waals surface area contributed by atoms with Gasteiger partial charge in [-0.05, 0) is 47.0 Å². The fraction of sp³-hybridized carbons (Fsp3) is 0.875. The predicted octanol–water partition coefficient (Wildman–Crippen LogP) is 4.25. The zero-order valence-corrected chi connectivity index (χ0v) is 20.9. The van der Waals surface area contributed by atoms with E-state index in [1.807, 2.05) is 20.8 Å². The molecular formula is C24H47N2O6+. The van der Waals surface area contributed by atoms with E-state index in [-0.39, 0.29) is 17.6 Å². The van der Waals surface area contributed by atoms with Crippen molar-refractivity contribution in [2.24, 2.45) is 0 Å². The monoisotopic (exact) mass is 459 g/mol. The zero-order valence-electron chi connectivity index (χ0n) is 20.9. The van der Waals surface area contributed by atoms with Crippen LogP contribution in [0.3, 0.4) is 0 Å². The Morgan fingerprint density at radius 3 is 2.03 bits per heavy atom. The Hall–Kier alpha value is -1.51. The highest BCUT2D eigenvalue weighted by molar-refractivity contribution is 5.73. The molecule has 3 atom stereocenters. The summed E-state index contributed by atoms with van der Waals surface area (Å²) in [7, 11) is 0. The number of unbranched alkanes of at least 4 members (excludes halogenated alkanes) is 6. The van der Waals surface area contributed by atoms with Crippen LogP contribution in [0.5, 0.6) is 0 Å². The van der Waals surface area contributed by atoms with Gasteiger partial charge in [0.05, 0.1) is 5.60 Å². The van der Waals surface area contributed by atoms with Gasteiger partial charge in [0.25, 0.3) is 0 Å². The van der Waals surface area contributed by atoms with Crippen LogP contribution in [0.1, 0.15) is 112 Å². The van der Waals surface area contributed by atoms with Crippen molar-refractivity contribution in [2.45, 2.75) is 129 Å². The Balaban J connectivity index is 5.10. The van der Waals surface area contributed by atoms with Crippen LogP contribution in [0.2, 0.25) is 0 Å². The fourth-order valence-electron chi connectivity index (χ4n) is 3.81. The third kappa shape index (κ3) is 11.9. The predicted molar refractivity (Wildman–Crippen MR) is 125 cm³/mol. The molecule has 0 saturated heterocycles. The van der Waals surface area contributed by atoms with E-state index >= 15 is 0 Å². The van der Waals surface area contributed by atoms with E-state index in [2.05, 4.69) is 12.3 Å². The first kappa shape index (κ1) is 30.5. The number of aliphatic hydroxyl groups is 1. The molecule has 1 amide bonds. The first-order chi connectivity index (χ1) is 14.8. The minimum atomic E-state index is -1.02. The van der Waals surface area contributed by atoms with Crippen LogP contribution in [0, 0.1) is 0 Å². The minimum Gasteiger partial charge on any atom is -0.481 e. The van der Waals surface area contributed by atoms with Gasteiger partial charge in [0, 0.05) is 12.8 Å². The average molecular weight is 460 g/mol. The Morgan fingerprint density at radius 1 is 0.938 bits per heavy atom. The van der Waals surface area contributed by atoms with Crippen molar-refractivity contribution in [3.8, 4) is 0 Å². The summed E-state index contributed by atoms with van der Waals surface area (Å²) in [5.74, 6) is -1.84. The molecule has 0 heterocycles. The second-order valence-electron chi connectivity index (χ2n) is 10.3. The molecule has 0 rings (SSSR count). The van der Waals surface area contributed by atoms with Crippen molar-refractivity contribution in [1.29, 1.82) is 0 Å². The van der Waals surface area contributed by atoms with Gasteiger partial charge in [0.1, 0.15) is 12.1 Å². The molecule has 0 spiro atoms. The lowest BCUT2D eigenvalue weighted by atomic mass is 9.93. The quantitative estimate of drug-likeness (QED) is 0.0985. The molecule has 188 valence electrons. The Labute approximate surface area is 193 Å². The van der Waals surface area contributed by atoms with Gasteiger partial charge in [-0.2, -0.15) is 4.59 Å². The molecule has 0 bridgehead atoms. The van der Waals surface area contributed by atoms with E-state index in [0.29, 0.717) is 32.1 Å². The van der Waals surface area contributed by atoms with E-state index in [1.165, 1.54) is 0 Å². The van der Waals surface area contributed by atoms with Crippen molar-refractivity contribution >= 4 is 18.3 Å². The number of nitrogens with one attached hydrogen (secondary N) is 1. The lowest BCUT2D eigenvalue weighted by Crippen LogP contribution is -2.71. The highest BCUT2D eigenvalue weighted by Crippen LogP contribution is 2.26. The molecule has 4 N–H and O–H groups in total. The number of carbonyl (C=O) groups excluding carboxylic acids is 1. The van der Waals surface area contributed by atoms with Crippen LogP contribution < -0.4 is 5.43 Å². The van der Waals surface area contributed by atoms with E-state index in [9.17, 15) is 24.6 Å². The van der Waals surface area contributed by atoms with Crippen molar-refractivity contribution < 1.29 is 34.3 Å². The maximum Gasteiger partial charge on any atom is 0.326 e. The van der Waals surface area contributed by atoms with Gasteiger partial charge < -0.3 is 15.3 Å². The van der Waals surface area contributed by atoms with Gasteiger partial charge >= 0.3 is 18.3 Å². The van der Waals surface area contributed by atoms with Gasteiger partial charge in [0.2, 0.25) is 0 Å². The SMILES string of the molecule is CCCCCCC(C)(O)CC[N+](C=O)(NC(CCCCCCC(=O)O)C(=O)O)C(C)(C)C. The van der Waals surface area contributed by atoms with Crippen LogP contribution >= 0.6 is 0 Å². The molecule has 0 aromatic heterocycles. The van der Waals surface area contributed by atoms with Crippen molar-refractivity contribution in [3.05, 3.63) is 0 Å². The van der Waals surface area contributed by atoms with Crippen molar-refractivity contribution in [3.63, 3.8) is 0 Å². The zero-order chi connectivity index (χ0) is 24.8. The average Bonchev–Trinajstić information content (AvgIpc) is 2.68. The normalized spacial score (nSPS) is 16.7. The molecule has 0 fully saturated rings. The van der Waals surface area contributed by atoms with Gasteiger partial charge in [-0.1, -0.05) is 51.9 Å². The van der Waals surface area contributed by atoms with Gasteiger partial charge in [-0.25, -0.2) is 4.79 Å². The number of hydrogen-bond donors (Lipinski definition) is 4. The molecule has 0 aromatic rings. The summed E-state index contributed by atoms with van der Waals surface area (Å²) in [5.41, 5.74) is 1.56. The van der Waals surface area contributed by atoms with E-state index in [4.69, 9.17) is 5.11 Å². The molecule has 3 unspecified atom stereocenters. The summed E-state index contributed by atoms with van der Waals surface area (Å²) < 4.78 is -0.256. The minimum absolute atomic E-state index is 0.119. The molecule has 0 aromatic carbocycles. The number of carbonyl (C=O) groups is 3. The number of hydrogen-bond acceptors (Lipinski definition) is 5. The fourth-order valence-corrected chi connectivity index (χ4v) is 3.81. The van der Waals surface area contributed by atoms with E-state index < -0.39 is 29.1 Å². The Morgan fingerprint density at radius 2 is 1.53 bits per heavy atom. The number of amides is 1. The summed E-state index contributed by atoms with van der Waals surface area (Å²) in [6, 6.07) is -0.909. The lowest BCUT2D eigenvalue weighted by molar-refractivity contribution is -0.937. The van der Waals surface area contributed by atoms with Crippen LogP contribution in [0.15, 0.2) is 0 Å². The number of carboxylic acids is 2. The van der Waals surface area contributed by atoms with Crippen molar-refractivity contribution in [1.82, 2.24) is 5.43 Å². The highest BCUT2D eigenvalue weighted by Gasteiger charge is 2.45. The van der Waals surface area contributed by atoms with Crippen molar-refractivity contribution in [2.75, 3.05) is 6.54 Å². The van der Waals surface area contributed by atoms with Gasteiger partial charge in [-0.3, -0.25) is 9.59 Å². The number of nitrogens with zero attached hydrogens (tertiary/aromatic N) is 1.